The zero-order valence-corrected chi connectivity index (χ0v) is 12.6. The molecule has 0 saturated heterocycles. The number of anilines is 2. The van der Waals surface area contributed by atoms with Crippen molar-refractivity contribution in [2.75, 3.05) is 10.6 Å². The molecule has 102 valence electrons. The van der Waals surface area contributed by atoms with Crippen LogP contribution in [0.5, 0.6) is 0 Å². The summed E-state index contributed by atoms with van der Waals surface area (Å²) in [6, 6.07) is 13.8. The molecule has 0 saturated carbocycles. The average Bonchev–Trinajstić information content (AvgIpc) is 2.44. The first-order valence-electron chi connectivity index (χ1n) is 6.57. The van der Waals surface area contributed by atoms with Crippen molar-refractivity contribution >= 4 is 33.2 Å². The third-order valence-corrected chi connectivity index (χ3v) is 4.34. The van der Waals surface area contributed by atoms with Gasteiger partial charge in [0.05, 0.1) is 6.54 Å². The summed E-state index contributed by atoms with van der Waals surface area (Å²) < 4.78 is 0.938. The van der Waals surface area contributed by atoms with Gasteiger partial charge in [-0.25, -0.2) is 0 Å². The van der Waals surface area contributed by atoms with Gasteiger partial charge in [0.1, 0.15) is 0 Å². The predicted octanol–water partition coefficient (Wildman–Crippen LogP) is 3.51. The van der Waals surface area contributed by atoms with Gasteiger partial charge in [-0.3, -0.25) is 4.79 Å². The first-order valence-corrected chi connectivity index (χ1v) is 7.36. The number of hydrogen-bond acceptors (Lipinski definition) is 2. The topological polar surface area (TPSA) is 46.3 Å². The van der Waals surface area contributed by atoms with Crippen LogP contribution in [0.2, 0.25) is 0 Å². The lowest BCUT2D eigenvalue weighted by Crippen LogP contribution is -2.34. The smallest absolute Gasteiger partial charge is 0.227 e. The number of amides is 1. The van der Waals surface area contributed by atoms with Crippen molar-refractivity contribution in [2.24, 2.45) is 0 Å². The number of rotatable bonds is 2. The number of hydrogen-bond donors (Lipinski definition) is 1. The van der Waals surface area contributed by atoms with Crippen LogP contribution in [-0.2, 0) is 17.8 Å². The first-order chi connectivity index (χ1) is 9.65. The fourth-order valence-electron chi connectivity index (χ4n) is 2.53. The Bertz CT molecular complexity index is 669. The Kier molecular flexibility index (Phi) is 3.49. The second-order valence-electron chi connectivity index (χ2n) is 4.96. The predicted molar refractivity (Wildman–Crippen MR) is 84.5 cm³/mol. The van der Waals surface area contributed by atoms with Crippen molar-refractivity contribution in [2.45, 2.75) is 19.4 Å². The Balaban J connectivity index is 1.95. The van der Waals surface area contributed by atoms with E-state index in [9.17, 15) is 4.79 Å². The fraction of sp³-hybridized carbons (Fsp3) is 0.188. The number of aryl methyl sites for hydroxylation is 1. The van der Waals surface area contributed by atoms with E-state index in [0.29, 0.717) is 18.7 Å². The van der Waals surface area contributed by atoms with Gasteiger partial charge < -0.3 is 10.6 Å². The van der Waals surface area contributed by atoms with E-state index in [1.54, 1.807) is 0 Å². The molecule has 0 aromatic heterocycles. The van der Waals surface area contributed by atoms with Crippen LogP contribution in [0.25, 0.3) is 0 Å². The number of nitrogens with zero attached hydrogens (tertiary/aromatic N) is 1. The van der Waals surface area contributed by atoms with Gasteiger partial charge in [-0.05, 0) is 35.7 Å². The van der Waals surface area contributed by atoms with Gasteiger partial charge in [-0.2, -0.15) is 0 Å². The largest absolute Gasteiger partial charge is 0.399 e. The SMILES string of the molecule is Nc1ccc(CN2C(=O)CCc3ccccc32)c(Br)c1. The lowest BCUT2D eigenvalue weighted by atomic mass is 10.0. The molecule has 2 N–H and O–H groups in total. The number of carbonyl (C=O) groups is 1. The van der Waals surface area contributed by atoms with E-state index in [2.05, 4.69) is 22.0 Å². The highest BCUT2D eigenvalue weighted by Gasteiger charge is 2.24. The highest BCUT2D eigenvalue weighted by atomic mass is 79.9. The summed E-state index contributed by atoms with van der Waals surface area (Å²) in [5.41, 5.74) is 9.78. The van der Waals surface area contributed by atoms with E-state index in [1.165, 1.54) is 5.56 Å². The minimum atomic E-state index is 0.174. The molecular weight excluding hydrogens is 316 g/mol. The Hall–Kier alpha value is -1.81. The number of carbonyl (C=O) groups excluding carboxylic acids is 1. The summed E-state index contributed by atoms with van der Waals surface area (Å²) in [6.45, 7) is 0.566. The molecule has 1 aliphatic heterocycles. The molecule has 3 nitrogen and oxygen atoms in total. The van der Waals surface area contributed by atoms with Crippen LogP contribution in [0.1, 0.15) is 17.5 Å². The van der Waals surface area contributed by atoms with Crippen molar-refractivity contribution < 1.29 is 4.79 Å². The van der Waals surface area contributed by atoms with E-state index in [0.717, 1.165) is 22.1 Å². The second kappa shape index (κ2) is 5.29. The molecule has 4 heteroatoms. The highest BCUT2D eigenvalue weighted by Crippen LogP contribution is 2.30. The summed E-state index contributed by atoms with van der Waals surface area (Å²) in [4.78, 5) is 14.1. The van der Waals surface area contributed by atoms with Gasteiger partial charge in [0.25, 0.3) is 0 Å². The van der Waals surface area contributed by atoms with Gasteiger partial charge in [0.2, 0.25) is 5.91 Å². The Morgan fingerprint density at radius 3 is 2.75 bits per heavy atom. The van der Waals surface area contributed by atoms with Crippen LogP contribution >= 0.6 is 15.9 Å². The minimum Gasteiger partial charge on any atom is -0.399 e. The molecule has 0 bridgehead atoms. The molecule has 0 aliphatic carbocycles. The molecular formula is C16H15BrN2O. The molecule has 3 rings (SSSR count). The Morgan fingerprint density at radius 1 is 1.15 bits per heavy atom. The van der Waals surface area contributed by atoms with Gasteiger partial charge in [0.15, 0.2) is 0 Å². The van der Waals surface area contributed by atoms with Crippen LogP contribution in [0, 0.1) is 0 Å². The molecule has 0 unspecified atom stereocenters. The quantitative estimate of drug-likeness (QED) is 0.856. The average molecular weight is 331 g/mol. The maximum atomic E-state index is 12.2. The molecule has 2 aromatic rings. The van der Waals surface area contributed by atoms with Crippen LogP contribution < -0.4 is 10.6 Å². The highest BCUT2D eigenvalue weighted by molar-refractivity contribution is 9.10. The van der Waals surface area contributed by atoms with Gasteiger partial charge in [-0.15, -0.1) is 0 Å². The zero-order valence-electron chi connectivity index (χ0n) is 11.0. The van der Waals surface area contributed by atoms with Crippen LogP contribution in [0.4, 0.5) is 11.4 Å². The normalized spacial score (nSPS) is 14.2. The van der Waals surface area contributed by atoms with E-state index < -0.39 is 0 Å². The van der Waals surface area contributed by atoms with E-state index >= 15 is 0 Å². The van der Waals surface area contributed by atoms with Crippen molar-refractivity contribution in [3.63, 3.8) is 0 Å². The second-order valence-corrected chi connectivity index (χ2v) is 5.81. The molecule has 0 atom stereocenters. The lowest BCUT2D eigenvalue weighted by molar-refractivity contribution is -0.119. The molecule has 20 heavy (non-hydrogen) atoms. The maximum Gasteiger partial charge on any atom is 0.227 e. The summed E-state index contributed by atoms with van der Waals surface area (Å²) in [5, 5.41) is 0. The zero-order chi connectivity index (χ0) is 14.1. The van der Waals surface area contributed by atoms with E-state index in [1.807, 2.05) is 41.3 Å². The number of para-hydroxylation sites is 1. The van der Waals surface area contributed by atoms with E-state index in [4.69, 9.17) is 5.73 Å². The number of nitrogens with two attached hydrogens (primary N) is 1. The van der Waals surface area contributed by atoms with Gasteiger partial charge in [-0.1, -0.05) is 40.2 Å². The molecule has 1 aliphatic rings. The third-order valence-electron chi connectivity index (χ3n) is 3.60. The van der Waals surface area contributed by atoms with Crippen LogP contribution in [0.3, 0.4) is 0 Å². The summed E-state index contributed by atoms with van der Waals surface area (Å²) in [7, 11) is 0. The molecule has 2 aromatic carbocycles. The van der Waals surface area contributed by atoms with Crippen molar-refractivity contribution in [3.8, 4) is 0 Å². The van der Waals surface area contributed by atoms with Crippen molar-refractivity contribution in [1.29, 1.82) is 0 Å². The minimum absolute atomic E-state index is 0.174. The first kappa shape index (κ1) is 13.2. The summed E-state index contributed by atoms with van der Waals surface area (Å²) >= 11 is 3.52. The number of halogens is 1. The molecule has 0 radical (unpaired) electrons. The van der Waals surface area contributed by atoms with Crippen molar-refractivity contribution in [3.05, 3.63) is 58.1 Å². The monoisotopic (exact) mass is 330 g/mol. The van der Waals surface area contributed by atoms with Gasteiger partial charge >= 0.3 is 0 Å². The van der Waals surface area contributed by atoms with Crippen molar-refractivity contribution in [1.82, 2.24) is 0 Å². The van der Waals surface area contributed by atoms with Crippen LogP contribution in [-0.4, -0.2) is 5.91 Å². The third kappa shape index (κ3) is 2.43. The summed E-state index contributed by atoms with van der Waals surface area (Å²) in [6.07, 6.45) is 1.40. The fourth-order valence-corrected chi connectivity index (χ4v) is 3.05. The Labute approximate surface area is 126 Å². The molecule has 1 heterocycles. The number of nitrogen functional groups attached to an aromatic ring is 1. The molecule has 0 fully saturated rings. The molecule has 0 spiro atoms. The summed E-state index contributed by atoms with van der Waals surface area (Å²) in [5.74, 6) is 0.174. The standard InChI is InChI=1S/C16H15BrN2O/c17-14-9-13(18)7-5-12(14)10-19-15-4-2-1-3-11(15)6-8-16(19)20/h1-5,7,9H,6,8,10,18H2. The maximum absolute atomic E-state index is 12.2. The Morgan fingerprint density at radius 2 is 1.95 bits per heavy atom. The number of fused-ring (bicyclic) bond motifs is 1. The molecule has 1 amide bonds. The number of benzene rings is 2. The lowest BCUT2D eigenvalue weighted by Gasteiger charge is -2.29. The van der Waals surface area contributed by atoms with Crippen LogP contribution in [0.15, 0.2) is 46.9 Å². The van der Waals surface area contributed by atoms with Gasteiger partial charge in [0, 0.05) is 22.3 Å². The van der Waals surface area contributed by atoms with E-state index in [-0.39, 0.29) is 5.91 Å².